The highest BCUT2D eigenvalue weighted by atomic mass is 35.5. The summed E-state index contributed by atoms with van der Waals surface area (Å²) in [5.74, 6) is 0. The molecule has 0 aliphatic rings. The first-order valence-electron chi connectivity index (χ1n) is 5.09. The van der Waals surface area contributed by atoms with Crippen molar-refractivity contribution in [1.82, 2.24) is 5.32 Å². The summed E-state index contributed by atoms with van der Waals surface area (Å²) in [5.41, 5.74) is 0.662. The molecule has 0 bridgehead atoms. The van der Waals surface area contributed by atoms with E-state index >= 15 is 0 Å². The van der Waals surface area contributed by atoms with Crippen LogP contribution in [0, 0.1) is 0 Å². The number of urea groups is 1. The maximum Gasteiger partial charge on any atom is 0.319 e. The molecular formula is C11H15ClN2O2. The first kappa shape index (κ1) is 12.8. The number of aliphatic hydroxyl groups excluding tert-OH is 1. The first-order chi connectivity index (χ1) is 7.65. The fourth-order valence-electron chi connectivity index (χ4n) is 1.16. The van der Waals surface area contributed by atoms with Gasteiger partial charge in [0.05, 0.1) is 12.6 Å². The fraction of sp³-hybridized carbons (Fsp3) is 0.364. The zero-order valence-electron chi connectivity index (χ0n) is 9.03. The molecule has 1 atom stereocenters. The van der Waals surface area contributed by atoms with Crippen molar-refractivity contribution in [1.29, 1.82) is 0 Å². The third-order valence-electron chi connectivity index (χ3n) is 2.15. The first-order valence-corrected chi connectivity index (χ1v) is 5.47. The fourth-order valence-corrected chi connectivity index (χ4v) is 1.29. The van der Waals surface area contributed by atoms with Crippen molar-refractivity contribution in [3.63, 3.8) is 0 Å². The van der Waals surface area contributed by atoms with Gasteiger partial charge in [-0.15, -0.1) is 0 Å². The third-order valence-corrected chi connectivity index (χ3v) is 2.40. The van der Waals surface area contributed by atoms with E-state index in [-0.39, 0.29) is 18.7 Å². The van der Waals surface area contributed by atoms with Crippen LogP contribution in [0.1, 0.15) is 13.3 Å². The van der Waals surface area contributed by atoms with Crippen LogP contribution in [-0.4, -0.2) is 23.8 Å². The zero-order chi connectivity index (χ0) is 12.0. The molecular weight excluding hydrogens is 228 g/mol. The Bertz CT molecular complexity index is 336. The lowest BCUT2D eigenvalue weighted by atomic mass is 10.2. The molecule has 1 aromatic carbocycles. The molecule has 2 amide bonds. The van der Waals surface area contributed by atoms with E-state index in [4.69, 9.17) is 16.7 Å². The number of amides is 2. The second kappa shape index (κ2) is 6.35. The van der Waals surface area contributed by atoms with E-state index in [1.165, 1.54) is 0 Å². The monoisotopic (exact) mass is 242 g/mol. The van der Waals surface area contributed by atoms with Crippen molar-refractivity contribution in [3.05, 3.63) is 29.3 Å². The molecule has 1 aromatic rings. The summed E-state index contributed by atoms with van der Waals surface area (Å²) < 4.78 is 0. The lowest BCUT2D eigenvalue weighted by molar-refractivity contribution is 0.222. The Morgan fingerprint density at radius 2 is 2.06 bits per heavy atom. The quantitative estimate of drug-likeness (QED) is 0.758. The molecule has 0 aliphatic carbocycles. The number of nitrogens with one attached hydrogen (secondary N) is 2. The summed E-state index contributed by atoms with van der Waals surface area (Å²) in [6, 6.07) is 6.26. The molecule has 0 saturated heterocycles. The molecule has 5 heteroatoms. The van der Waals surface area contributed by atoms with Crippen LogP contribution >= 0.6 is 11.6 Å². The summed E-state index contributed by atoms with van der Waals surface area (Å²) in [6.45, 7) is 1.83. The van der Waals surface area contributed by atoms with Crippen LogP contribution < -0.4 is 10.6 Å². The predicted octanol–water partition coefficient (Wildman–Crippen LogP) is 2.23. The standard InChI is InChI=1S/C11H15ClN2O2/c1-2-9(7-15)13-11(16)14-10-5-3-8(12)4-6-10/h3-6,9,15H,2,7H2,1H3,(H2,13,14,16). The van der Waals surface area contributed by atoms with Crippen LogP contribution in [0.15, 0.2) is 24.3 Å². The number of halogens is 1. The molecule has 0 aliphatic heterocycles. The highest BCUT2D eigenvalue weighted by Crippen LogP contribution is 2.13. The minimum Gasteiger partial charge on any atom is -0.394 e. The molecule has 0 fully saturated rings. The van der Waals surface area contributed by atoms with Crippen LogP contribution in [-0.2, 0) is 0 Å². The number of carbonyl (C=O) groups excluding carboxylic acids is 1. The van der Waals surface area contributed by atoms with Gasteiger partial charge in [-0.05, 0) is 30.7 Å². The summed E-state index contributed by atoms with van der Waals surface area (Å²) in [4.78, 5) is 11.5. The van der Waals surface area contributed by atoms with Crippen molar-refractivity contribution in [3.8, 4) is 0 Å². The average molecular weight is 243 g/mol. The van der Waals surface area contributed by atoms with Crippen molar-refractivity contribution >= 4 is 23.3 Å². The Labute approximate surface area is 99.6 Å². The number of aliphatic hydroxyl groups is 1. The number of carbonyl (C=O) groups is 1. The van der Waals surface area contributed by atoms with Gasteiger partial charge in [-0.1, -0.05) is 18.5 Å². The Hall–Kier alpha value is -1.26. The molecule has 3 N–H and O–H groups in total. The maximum atomic E-state index is 11.5. The van der Waals surface area contributed by atoms with Gasteiger partial charge in [-0.3, -0.25) is 0 Å². The van der Waals surface area contributed by atoms with Gasteiger partial charge in [-0.25, -0.2) is 4.79 Å². The Balaban J connectivity index is 2.48. The average Bonchev–Trinajstić information content (AvgIpc) is 2.29. The van der Waals surface area contributed by atoms with Gasteiger partial charge in [0.1, 0.15) is 0 Å². The molecule has 88 valence electrons. The van der Waals surface area contributed by atoms with Crippen molar-refractivity contribution in [2.24, 2.45) is 0 Å². The molecule has 0 radical (unpaired) electrons. The van der Waals surface area contributed by atoms with Gasteiger partial charge in [0, 0.05) is 10.7 Å². The number of hydrogen-bond acceptors (Lipinski definition) is 2. The van der Waals surface area contributed by atoms with E-state index in [0.29, 0.717) is 17.1 Å². The minimum atomic E-state index is -0.330. The molecule has 4 nitrogen and oxygen atoms in total. The summed E-state index contributed by atoms with van der Waals surface area (Å²) >= 11 is 5.72. The van der Waals surface area contributed by atoms with Crippen LogP contribution in [0.3, 0.4) is 0 Å². The van der Waals surface area contributed by atoms with Crippen LogP contribution in [0.2, 0.25) is 5.02 Å². The Morgan fingerprint density at radius 1 is 1.44 bits per heavy atom. The topological polar surface area (TPSA) is 61.4 Å². The smallest absolute Gasteiger partial charge is 0.319 e. The number of anilines is 1. The molecule has 0 aromatic heterocycles. The SMILES string of the molecule is CCC(CO)NC(=O)Nc1ccc(Cl)cc1. The normalized spacial score (nSPS) is 11.9. The van der Waals surface area contributed by atoms with Gasteiger partial charge in [0.25, 0.3) is 0 Å². The maximum absolute atomic E-state index is 11.5. The highest BCUT2D eigenvalue weighted by Gasteiger charge is 2.08. The van der Waals surface area contributed by atoms with E-state index in [1.807, 2.05) is 6.92 Å². The Morgan fingerprint density at radius 3 is 2.56 bits per heavy atom. The third kappa shape index (κ3) is 4.08. The van der Waals surface area contributed by atoms with Crippen molar-refractivity contribution < 1.29 is 9.90 Å². The van der Waals surface area contributed by atoms with Crippen molar-refractivity contribution in [2.75, 3.05) is 11.9 Å². The van der Waals surface area contributed by atoms with Gasteiger partial charge in [0.2, 0.25) is 0 Å². The molecule has 1 unspecified atom stereocenters. The van der Waals surface area contributed by atoms with Crippen LogP contribution in [0.5, 0.6) is 0 Å². The number of benzene rings is 1. The second-order valence-electron chi connectivity index (χ2n) is 3.39. The Kier molecular flexibility index (Phi) is 5.08. The molecule has 0 heterocycles. The zero-order valence-corrected chi connectivity index (χ0v) is 9.79. The highest BCUT2D eigenvalue weighted by molar-refractivity contribution is 6.30. The van der Waals surface area contributed by atoms with Gasteiger partial charge in [0.15, 0.2) is 0 Å². The minimum absolute atomic E-state index is 0.0649. The number of hydrogen-bond donors (Lipinski definition) is 3. The van der Waals surface area contributed by atoms with Gasteiger partial charge in [-0.2, -0.15) is 0 Å². The van der Waals surface area contributed by atoms with E-state index in [2.05, 4.69) is 10.6 Å². The van der Waals surface area contributed by atoms with Crippen LogP contribution in [0.4, 0.5) is 10.5 Å². The summed E-state index contributed by atoms with van der Waals surface area (Å²) in [5, 5.41) is 14.8. The van der Waals surface area contributed by atoms with E-state index < -0.39 is 0 Å². The summed E-state index contributed by atoms with van der Waals surface area (Å²) in [6.07, 6.45) is 0.685. The molecule has 16 heavy (non-hydrogen) atoms. The molecule has 0 spiro atoms. The molecule has 1 rings (SSSR count). The molecule has 0 saturated carbocycles. The van der Waals surface area contributed by atoms with E-state index in [9.17, 15) is 4.79 Å². The predicted molar refractivity (Wildman–Crippen MR) is 64.8 cm³/mol. The van der Waals surface area contributed by atoms with E-state index in [1.54, 1.807) is 24.3 Å². The summed E-state index contributed by atoms with van der Waals surface area (Å²) in [7, 11) is 0. The number of rotatable bonds is 4. The van der Waals surface area contributed by atoms with Gasteiger partial charge >= 0.3 is 6.03 Å². The lowest BCUT2D eigenvalue weighted by Gasteiger charge is -2.14. The van der Waals surface area contributed by atoms with Gasteiger partial charge < -0.3 is 15.7 Å². The van der Waals surface area contributed by atoms with E-state index in [0.717, 1.165) is 0 Å². The van der Waals surface area contributed by atoms with Crippen molar-refractivity contribution in [2.45, 2.75) is 19.4 Å². The second-order valence-corrected chi connectivity index (χ2v) is 3.83. The largest absolute Gasteiger partial charge is 0.394 e. The van der Waals surface area contributed by atoms with Crippen LogP contribution in [0.25, 0.3) is 0 Å². The lowest BCUT2D eigenvalue weighted by Crippen LogP contribution is -2.39.